The first-order valence-electron chi connectivity index (χ1n) is 6.14. The Hall–Kier alpha value is -2.16. The first-order chi connectivity index (χ1) is 8.92. The lowest BCUT2D eigenvalue weighted by Crippen LogP contribution is -2.38. The van der Waals surface area contributed by atoms with Crippen LogP contribution >= 0.6 is 0 Å². The number of aromatic nitrogens is 2. The van der Waals surface area contributed by atoms with Gasteiger partial charge in [-0.25, -0.2) is 0 Å². The van der Waals surface area contributed by atoms with Gasteiger partial charge in [0, 0.05) is 6.04 Å². The van der Waals surface area contributed by atoms with Gasteiger partial charge in [0.05, 0.1) is 5.69 Å². The number of aryl methyl sites for hydroxylation is 1. The average molecular weight is 262 g/mol. The molecule has 0 aliphatic heterocycles. The zero-order chi connectivity index (χ0) is 14.6. The smallest absolute Gasteiger partial charge is 0.323 e. The molecule has 1 atom stereocenters. The fourth-order valence-corrected chi connectivity index (χ4v) is 1.74. The van der Waals surface area contributed by atoms with Crippen LogP contribution in [-0.4, -0.2) is 33.9 Å². The monoisotopic (exact) mass is 262 g/mol. The first kappa shape index (κ1) is 14.9. The predicted octanol–water partition coefficient (Wildman–Crippen LogP) is 1.65. The number of anilines is 1. The van der Waals surface area contributed by atoms with Crippen molar-refractivity contribution in [3.8, 4) is 6.07 Å². The highest BCUT2D eigenvalue weighted by atomic mass is 16.4. The van der Waals surface area contributed by atoms with Crippen LogP contribution in [0.2, 0.25) is 0 Å². The van der Waals surface area contributed by atoms with E-state index < -0.39 is 5.97 Å². The number of carbonyl (C=O) groups is 1. The Labute approximate surface area is 112 Å². The van der Waals surface area contributed by atoms with E-state index in [0.717, 1.165) is 12.0 Å². The van der Waals surface area contributed by atoms with E-state index in [4.69, 9.17) is 5.11 Å². The van der Waals surface area contributed by atoms with Gasteiger partial charge in [0.25, 0.3) is 0 Å². The zero-order valence-corrected chi connectivity index (χ0v) is 11.6. The Morgan fingerprint density at radius 2 is 2.11 bits per heavy atom. The summed E-state index contributed by atoms with van der Waals surface area (Å²) >= 11 is 0. The van der Waals surface area contributed by atoms with E-state index >= 15 is 0 Å². The molecule has 19 heavy (non-hydrogen) atoms. The molecule has 1 aromatic heterocycles. The summed E-state index contributed by atoms with van der Waals surface area (Å²) in [4.78, 5) is 12.6. The molecule has 0 spiro atoms. The van der Waals surface area contributed by atoms with Gasteiger partial charge in [-0.1, -0.05) is 6.92 Å². The lowest BCUT2D eigenvalue weighted by atomic mass is 10.1. The third kappa shape index (κ3) is 3.19. The van der Waals surface area contributed by atoms with Gasteiger partial charge in [-0.3, -0.25) is 4.79 Å². The van der Waals surface area contributed by atoms with E-state index in [1.165, 1.54) is 0 Å². The number of hydrogen-bond donors (Lipinski definition) is 1. The molecule has 1 rings (SSSR count). The second-order valence-corrected chi connectivity index (χ2v) is 4.50. The van der Waals surface area contributed by atoms with Crippen LogP contribution in [0.25, 0.3) is 0 Å². The van der Waals surface area contributed by atoms with Gasteiger partial charge < -0.3 is 10.0 Å². The summed E-state index contributed by atoms with van der Waals surface area (Å²) < 4.78 is 0. The van der Waals surface area contributed by atoms with Gasteiger partial charge >= 0.3 is 5.97 Å². The SMILES string of the molecule is CCC(C)N(CC(=O)O)c1nnc(C)c(C)c1C#N. The normalized spacial score (nSPS) is 11.7. The lowest BCUT2D eigenvalue weighted by Gasteiger charge is -2.28. The van der Waals surface area contributed by atoms with Gasteiger partial charge in [-0.15, -0.1) is 5.10 Å². The maximum Gasteiger partial charge on any atom is 0.323 e. The molecule has 1 unspecified atom stereocenters. The van der Waals surface area contributed by atoms with Gasteiger partial charge in [-0.2, -0.15) is 10.4 Å². The standard InChI is InChI=1S/C13H18N4O2/c1-5-8(2)17(7-12(18)19)13-11(6-14)9(3)10(4)15-16-13/h8H,5,7H2,1-4H3,(H,18,19). The van der Waals surface area contributed by atoms with Gasteiger partial charge in [0.15, 0.2) is 5.82 Å². The largest absolute Gasteiger partial charge is 0.480 e. The van der Waals surface area contributed by atoms with Crippen molar-refractivity contribution >= 4 is 11.8 Å². The topological polar surface area (TPSA) is 90.1 Å². The molecule has 0 saturated carbocycles. The number of hydrogen-bond acceptors (Lipinski definition) is 5. The molecule has 0 radical (unpaired) electrons. The van der Waals surface area contributed by atoms with Crippen molar-refractivity contribution in [1.29, 1.82) is 5.26 Å². The van der Waals surface area contributed by atoms with Crippen molar-refractivity contribution < 1.29 is 9.90 Å². The molecule has 0 amide bonds. The summed E-state index contributed by atoms with van der Waals surface area (Å²) in [5.41, 5.74) is 1.82. The summed E-state index contributed by atoms with van der Waals surface area (Å²) in [6.45, 7) is 7.24. The maximum absolute atomic E-state index is 11.0. The van der Waals surface area contributed by atoms with Crippen molar-refractivity contribution in [1.82, 2.24) is 10.2 Å². The number of nitriles is 1. The van der Waals surface area contributed by atoms with Crippen LogP contribution in [-0.2, 0) is 4.79 Å². The van der Waals surface area contributed by atoms with Crippen molar-refractivity contribution in [2.24, 2.45) is 0 Å². The lowest BCUT2D eigenvalue weighted by molar-refractivity contribution is -0.135. The second-order valence-electron chi connectivity index (χ2n) is 4.50. The molecule has 0 saturated heterocycles. The van der Waals surface area contributed by atoms with Crippen LogP contribution in [0.3, 0.4) is 0 Å². The van der Waals surface area contributed by atoms with Crippen molar-refractivity contribution in [3.05, 3.63) is 16.8 Å². The molecule has 6 heteroatoms. The minimum absolute atomic E-state index is 0.0281. The van der Waals surface area contributed by atoms with Crippen molar-refractivity contribution in [3.63, 3.8) is 0 Å². The number of nitrogens with zero attached hydrogens (tertiary/aromatic N) is 4. The number of carboxylic acid groups (broad SMARTS) is 1. The zero-order valence-electron chi connectivity index (χ0n) is 11.6. The fourth-order valence-electron chi connectivity index (χ4n) is 1.74. The summed E-state index contributed by atoms with van der Waals surface area (Å²) in [6.07, 6.45) is 0.757. The quantitative estimate of drug-likeness (QED) is 0.867. The highest BCUT2D eigenvalue weighted by Gasteiger charge is 2.22. The summed E-state index contributed by atoms with van der Waals surface area (Å²) in [6, 6.07) is 2.07. The van der Waals surface area contributed by atoms with Crippen LogP contribution in [0.4, 0.5) is 5.82 Å². The second kappa shape index (κ2) is 6.14. The van der Waals surface area contributed by atoms with Crippen LogP contribution < -0.4 is 4.90 Å². The Kier molecular flexibility index (Phi) is 4.81. The number of aliphatic carboxylic acids is 1. The van der Waals surface area contributed by atoms with Crippen LogP contribution in [0.5, 0.6) is 0 Å². The Morgan fingerprint density at radius 1 is 1.47 bits per heavy atom. The van der Waals surface area contributed by atoms with Crippen LogP contribution in [0.1, 0.15) is 37.1 Å². The molecule has 102 valence electrons. The first-order valence-corrected chi connectivity index (χ1v) is 6.14. The summed E-state index contributed by atoms with van der Waals surface area (Å²) in [5.74, 6) is -0.605. The van der Waals surface area contributed by atoms with E-state index in [2.05, 4.69) is 16.3 Å². The van der Waals surface area contributed by atoms with Gasteiger partial charge in [0.1, 0.15) is 18.2 Å². The molecule has 1 heterocycles. The van der Waals surface area contributed by atoms with Crippen molar-refractivity contribution in [2.75, 3.05) is 11.4 Å². The fraction of sp³-hybridized carbons (Fsp3) is 0.538. The number of rotatable bonds is 5. The molecule has 0 aromatic carbocycles. The van der Waals surface area contributed by atoms with E-state index in [-0.39, 0.29) is 12.6 Å². The van der Waals surface area contributed by atoms with Crippen LogP contribution in [0, 0.1) is 25.2 Å². The van der Waals surface area contributed by atoms with E-state index in [1.54, 1.807) is 18.7 Å². The minimum atomic E-state index is -0.954. The third-order valence-electron chi connectivity index (χ3n) is 3.25. The molecule has 0 fully saturated rings. The predicted molar refractivity (Wildman–Crippen MR) is 71.0 cm³/mol. The maximum atomic E-state index is 11.0. The highest BCUT2D eigenvalue weighted by molar-refractivity contribution is 5.74. The molecule has 0 bridgehead atoms. The number of carboxylic acids is 1. The average Bonchev–Trinajstić information content (AvgIpc) is 2.38. The summed E-state index contributed by atoms with van der Waals surface area (Å²) in [7, 11) is 0. The molecule has 1 N–H and O–H groups in total. The molecule has 1 aromatic rings. The Morgan fingerprint density at radius 3 is 2.58 bits per heavy atom. The Balaban J connectivity index is 3.34. The van der Waals surface area contributed by atoms with E-state index in [9.17, 15) is 10.1 Å². The van der Waals surface area contributed by atoms with E-state index in [0.29, 0.717) is 17.1 Å². The molecular weight excluding hydrogens is 244 g/mol. The highest BCUT2D eigenvalue weighted by Crippen LogP contribution is 2.23. The van der Waals surface area contributed by atoms with E-state index in [1.807, 2.05) is 13.8 Å². The molecular formula is C13H18N4O2. The third-order valence-corrected chi connectivity index (χ3v) is 3.25. The van der Waals surface area contributed by atoms with Crippen molar-refractivity contribution in [2.45, 2.75) is 40.2 Å². The minimum Gasteiger partial charge on any atom is -0.480 e. The molecule has 0 aliphatic rings. The van der Waals surface area contributed by atoms with Gasteiger partial charge in [0.2, 0.25) is 0 Å². The molecule has 0 aliphatic carbocycles. The van der Waals surface area contributed by atoms with Gasteiger partial charge in [-0.05, 0) is 32.8 Å². The van der Waals surface area contributed by atoms with Crippen LogP contribution in [0.15, 0.2) is 0 Å². The Bertz CT molecular complexity index is 522. The molecule has 6 nitrogen and oxygen atoms in total. The summed E-state index contributed by atoms with van der Waals surface area (Å²) in [5, 5.41) is 26.3.